The lowest BCUT2D eigenvalue weighted by atomic mass is 9.86. The Morgan fingerprint density at radius 1 is 1.21 bits per heavy atom. The predicted molar refractivity (Wildman–Crippen MR) is 117 cm³/mol. The van der Waals surface area contributed by atoms with Crippen LogP contribution in [-0.2, 0) is 11.2 Å². The van der Waals surface area contributed by atoms with Crippen molar-refractivity contribution < 1.29 is 4.79 Å². The summed E-state index contributed by atoms with van der Waals surface area (Å²) in [6.45, 7) is 2.64. The van der Waals surface area contributed by atoms with Gasteiger partial charge in [-0.05, 0) is 35.7 Å². The number of benzene rings is 2. The number of anilines is 1. The minimum absolute atomic E-state index is 0.0769. The molecule has 6 heteroatoms. The fraction of sp³-hybridized carbons (Fsp3) is 0.273. The minimum atomic E-state index is -0.168. The number of para-hydroxylation sites is 1. The van der Waals surface area contributed by atoms with Gasteiger partial charge in [-0.15, -0.1) is 0 Å². The number of carbonyl (C=O) groups is 1. The Kier molecular flexibility index (Phi) is 5.47. The van der Waals surface area contributed by atoms with Gasteiger partial charge >= 0.3 is 0 Å². The number of aryl methyl sites for hydroxylation is 1. The molecule has 142 valence electrons. The zero-order chi connectivity index (χ0) is 19.7. The van der Waals surface area contributed by atoms with Crippen molar-refractivity contribution in [3.8, 4) is 6.07 Å². The molecule has 1 atom stereocenters. The number of rotatable bonds is 3. The summed E-state index contributed by atoms with van der Waals surface area (Å²) in [7, 11) is 0. The van der Waals surface area contributed by atoms with Gasteiger partial charge in [0.05, 0.1) is 29.2 Å². The molecule has 4 nitrogen and oxygen atoms in total. The average molecular weight is 454 g/mol. The highest BCUT2D eigenvalue weighted by atomic mass is 79.9. The van der Waals surface area contributed by atoms with Gasteiger partial charge in [0.1, 0.15) is 0 Å². The van der Waals surface area contributed by atoms with Crippen LogP contribution in [0.25, 0.3) is 0 Å². The lowest BCUT2D eigenvalue weighted by Gasteiger charge is -2.42. The van der Waals surface area contributed by atoms with E-state index in [2.05, 4.69) is 46.0 Å². The summed E-state index contributed by atoms with van der Waals surface area (Å²) in [6.07, 6.45) is 1.28. The molecule has 28 heavy (non-hydrogen) atoms. The molecule has 1 unspecified atom stereocenters. The van der Waals surface area contributed by atoms with E-state index >= 15 is 0 Å². The molecule has 2 aliphatic heterocycles. The fourth-order valence-corrected chi connectivity index (χ4v) is 5.24. The molecule has 2 aromatic carbocycles. The van der Waals surface area contributed by atoms with E-state index in [4.69, 9.17) is 0 Å². The number of thioether (sulfide) groups is 1. The molecule has 0 aliphatic carbocycles. The predicted octanol–water partition coefficient (Wildman–Crippen LogP) is 5.23. The normalized spacial score (nSPS) is 19.5. The standard InChI is InChI=1S/C22H20BrN3OS/c1-2-15-5-3-4-6-20(15)25-13-26-21(27)11-18(16-7-9-17(23)10-8-16)19(12-24)22(26)28-14-25/h3-10,18H,2,11,13-14H2,1H3. The summed E-state index contributed by atoms with van der Waals surface area (Å²) in [5.41, 5.74) is 4.15. The molecule has 4 rings (SSSR count). The maximum Gasteiger partial charge on any atom is 0.229 e. The van der Waals surface area contributed by atoms with Crippen LogP contribution >= 0.6 is 27.7 Å². The van der Waals surface area contributed by atoms with Crippen molar-refractivity contribution in [2.45, 2.75) is 25.7 Å². The minimum Gasteiger partial charge on any atom is -0.343 e. The van der Waals surface area contributed by atoms with E-state index in [9.17, 15) is 10.1 Å². The van der Waals surface area contributed by atoms with Gasteiger partial charge in [0, 0.05) is 22.5 Å². The van der Waals surface area contributed by atoms with Crippen LogP contribution in [0.5, 0.6) is 0 Å². The lowest BCUT2D eigenvalue weighted by molar-refractivity contribution is -0.129. The molecular formula is C22H20BrN3OS. The number of amides is 1. The Morgan fingerprint density at radius 2 is 1.96 bits per heavy atom. The molecule has 0 bridgehead atoms. The van der Waals surface area contributed by atoms with Crippen LogP contribution in [0.1, 0.15) is 30.4 Å². The summed E-state index contributed by atoms with van der Waals surface area (Å²) in [5, 5.41) is 10.7. The number of allylic oxidation sites excluding steroid dienone is 1. The monoisotopic (exact) mass is 453 g/mol. The van der Waals surface area contributed by atoms with E-state index < -0.39 is 0 Å². The zero-order valence-corrected chi connectivity index (χ0v) is 18.0. The van der Waals surface area contributed by atoms with Gasteiger partial charge in [0.15, 0.2) is 0 Å². The molecule has 1 saturated heterocycles. The third kappa shape index (κ3) is 3.45. The topological polar surface area (TPSA) is 47.3 Å². The molecule has 2 heterocycles. The van der Waals surface area contributed by atoms with Crippen molar-refractivity contribution in [1.29, 1.82) is 5.26 Å². The summed E-state index contributed by atoms with van der Waals surface area (Å²) < 4.78 is 0.989. The quantitative estimate of drug-likeness (QED) is 0.637. The fourth-order valence-electron chi connectivity index (χ4n) is 3.81. The van der Waals surface area contributed by atoms with Gasteiger partial charge in [-0.1, -0.05) is 64.9 Å². The SMILES string of the molecule is CCc1ccccc1N1CSC2=C(C#N)C(c3ccc(Br)cc3)CC(=O)N2C1. The first-order chi connectivity index (χ1) is 13.6. The number of nitriles is 1. The van der Waals surface area contributed by atoms with Crippen molar-refractivity contribution in [3.05, 3.63) is 74.7 Å². The molecule has 2 aromatic rings. The van der Waals surface area contributed by atoms with Crippen molar-refractivity contribution in [2.75, 3.05) is 17.4 Å². The Labute approximate surface area is 178 Å². The van der Waals surface area contributed by atoms with Gasteiger partial charge in [-0.3, -0.25) is 9.69 Å². The van der Waals surface area contributed by atoms with Crippen LogP contribution in [0.4, 0.5) is 5.69 Å². The van der Waals surface area contributed by atoms with E-state index in [1.165, 1.54) is 5.56 Å². The Morgan fingerprint density at radius 3 is 2.68 bits per heavy atom. The van der Waals surface area contributed by atoms with Crippen LogP contribution in [-0.4, -0.2) is 23.4 Å². The maximum absolute atomic E-state index is 13.0. The van der Waals surface area contributed by atoms with E-state index in [0.29, 0.717) is 18.7 Å². The van der Waals surface area contributed by atoms with Crippen LogP contribution in [0.3, 0.4) is 0 Å². The van der Waals surface area contributed by atoms with E-state index in [0.717, 1.165) is 33.1 Å². The van der Waals surface area contributed by atoms with Gasteiger partial charge in [0.25, 0.3) is 0 Å². The largest absolute Gasteiger partial charge is 0.343 e. The number of fused-ring (bicyclic) bond motifs is 1. The summed E-state index contributed by atoms with van der Waals surface area (Å²) in [4.78, 5) is 17.0. The highest BCUT2D eigenvalue weighted by Crippen LogP contribution is 2.43. The number of nitrogens with zero attached hydrogens (tertiary/aromatic N) is 3. The van der Waals surface area contributed by atoms with Crippen molar-refractivity contribution in [2.24, 2.45) is 0 Å². The Hall–Kier alpha value is -2.23. The second-order valence-electron chi connectivity index (χ2n) is 6.90. The van der Waals surface area contributed by atoms with Crippen LogP contribution in [0.2, 0.25) is 0 Å². The lowest BCUT2D eigenvalue weighted by Crippen LogP contribution is -2.47. The van der Waals surface area contributed by atoms with Gasteiger partial charge in [-0.25, -0.2) is 0 Å². The molecule has 1 amide bonds. The zero-order valence-electron chi connectivity index (χ0n) is 15.6. The maximum atomic E-state index is 13.0. The second kappa shape index (κ2) is 8.02. The van der Waals surface area contributed by atoms with Crippen LogP contribution in [0.15, 0.2) is 63.6 Å². The molecule has 1 fully saturated rings. The number of halogens is 1. The van der Waals surface area contributed by atoms with E-state index in [1.807, 2.05) is 36.4 Å². The molecule has 0 spiro atoms. The Balaban J connectivity index is 1.67. The third-order valence-corrected chi connectivity index (χ3v) is 6.96. The first kappa shape index (κ1) is 19.1. The average Bonchev–Trinajstić information content (AvgIpc) is 2.74. The number of hydrogen-bond donors (Lipinski definition) is 0. The first-order valence-electron chi connectivity index (χ1n) is 9.28. The van der Waals surface area contributed by atoms with E-state index in [-0.39, 0.29) is 11.8 Å². The van der Waals surface area contributed by atoms with Crippen molar-refractivity contribution >= 4 is 39.3 Å². The third-order valence-electron chi connectivity index (χ3n) is 5.28. The summed E-state index contributed by atoms with van der Waals surface area (Å²) in [6, 6.07) is 18.6. The van der Waals surface area contributed by atoms with Gasteiger partial charge in [-0.2, -0.15) is 5.26 Å². The molecular weight excluding hydrogens is 434 g/mol. The van der Waals surface area contributed by atoms with Crippen LogP contribution < -0.4 is 4.90 Å². The van der Waals surface area contributed by atoms with Crippen molar-refractivity contribution in [3.63, 3.8) is 0 Å². The van der Waals surface area contributed by atoms with Crippen LogP contribution in [0, 0.1) is 11.3 Å². The highest BCUT2D eigenvalue weighted by molar-refractivity contribution is 9.10. The first-order valence-corrected chi connectivity index (χ1v) is 11.1. The molecule has 0 radical (unpaired) electrons. The molecule has 0 aromatic heterocycles. The Bertz CT molecular complexity index is 980. The van der Waals surface area contributed by atoms with E-state index in [1.54, 1.807) is 16.7 Å². The molecule has 0 N–H and O–H groups in total. The summed E-state index contributed by atoms with van der Waals surface area (Å²) in [5.74, 6) is 0.640. The molecule has 0 saturated carbocycles. The van der Waals surface area contributed by atoms with Gasteiger partial charge in [0.2, 0.25) is 5.91 Å². The second-order valence-corrected chi connectivity index (χ2v) is 8.75. The highest BCUT2D eigenvalue weighted by Gasteiger charge is 2.38. The number of hydrogen-bond acceptors (Lipinski definition) is 4. The number of carbonyl (C=O) groups excluding carboxylic acids is 1. The van der Waals surface area contributed by atoms with Crippen molar-refractivity contribution in [1.82, 2.24) is 4.90 Å². The molecule has 2 aliphatic rings. The summed E-state index contributed by atoms with van der Waals surface area (Å²) >= 11 is 5.03. The smallest absolute Gasteiger partial charge is 0.229 e. The van der Waals surface area contributed by atoms with Gasteiger partial charge < -0.3 is 4.90 Å².